The summed E-state index contributed by atoms with van der Waals surface area (Å²) in [5.41, 5.74) is 14.3. The summed E-state index contributed by atoms with van der Waals surface area (Å²) in [7, 11) is -4.75. The van der Waals surface area contributed by atoms with Crippen LogP contribution in [0.4, 0.5) is 32.0 Å². The van der Waals surface area contributed by atoms with E-state index in [1.54, 1.807) is 0 Å². The molecule has 1 aromatic heterocycles. The minimum absolute atomic E-state index is 0.178. The number of carboxylic acid groups (broad SMARTS) is 1. The predicted molar refractivity (Wildman–Crippen MR) is 128 cm³/mol. The lowest BCUT2D eigenvalue weighted by Gasteiger charge is -2.24. The van der Waals surface area contributed by atoms with Crippen LogP contribution in [0.2, 0.25) is 0 Å². The van der Waals surface area contributed by atoms with Gasteiger partial charge in [0.25, 0.3) is 15.6 Å². The molecule has 0 spiro atoms. The molecule has 0 saturated heterocycles. The van der Waals surface area contributed by atoms with Crippen molar-refractivity contribution in [2.24, 2.45) is 22.4 Å². The average Bonchev–Trinajstić information content (AvgIpc) is 2.80. The molecule has 0 aliphatic rings. The third-order valence-electron chi connectivity index (χ3n) is 4.51. The Hall–Kier alpha value is -4.69. The lowest BCUT2D eigenvalue weighted by atomic mass is 10.1. The Kier molecular flexibility index (Phi) is 11.0. The molecule has 0 saturated carbocycles. The highest BCUT2D eigenvalue weighted by Gasteiger charge is 2.38. The van der Waals surface area contributed by atoms with Gasteiger partial charge in [-0.25, -0.2) is 13.2 Å². The molecule has 0 bridgehead atoms. The van der Waals surface area contributed by atoms with Gasteiger partial charge >= 0.3 is 18.5 Å². The number of nitrogens with one attached hydrogen (secondary N) is 1. The van der Waals surface area contributed by atoms with Gasteiger partial charge in [-0.2, -0.15) is 13.2 Å². The van der Waals surface area contributed by atoms with Gasteiger partial charge in [-0.1, -0.05) is 12.1 Å². The monoisotopic (exact) mass is 620 g/mol. The molecule has 41 heavy (non-hydrogen) atoms. The summed E-state index contributed by atoms with van der Waals surface area (Å²) in [5.74, 6) is -5.27. The molecule has 21 heteroatoms. The Morgan fingerprint density at radius 1 is 1.05 bits per heavy atom. The minimum Gasteiger partial charge on any atom is -0.475 e. The number of carbonyl (C=O) groups is 2. The number of benzene rings is 1. The van der Waals surface area contributed by atoms with Gasteiger partial charge in [0.2, 0.25) is 11.9 Å². The van der Waals surface area contributed by atoms with E-state index in [0.717, 1.165) is 34.9 Å². The third kappa shape index (κ3) is 10.1. The number of nitrogens with two attached hydrogens (primary N) is 3. The SMILES string of the molecule is Cc1ccc(NS(=O)(=O)c2ccccc2OC(F)(F)F)c(=O)n1C(C(N)=O)C(C)ON=C(N)N.O=C(O)C(F)(F)F. The smallest absolute Gasteiger partial charge is 0.475 e. The van der Waals surface area contributed by atoms with Crippen LogP contribution in [0.3, 0.4) is 0 Å². The zero-order valence-corrected chi connectivity index (χ0v) is 21.5. The number of sulfonamides is 1. The number of hydrogen-bond donors (Lipinski definition) is 5. The summed E-state index contributed by atoms with van der Waals surface area (Å²) in [6.45, 7) is 2.75. The van der Waals surface area contributed by atoms with Gasteiger partial charge in [0.15, 0.2) is 12.1 Å². The van der Waals surface area contributed by atoms with Crippen molar-refractivity contribution in [3.05, 3.63) is 52.4 Å². The Bertz CT molecular complexity index is 1460. The molecule has 8 N–H and O–H groups in total. The van der Waals surface area contributed by atoms with E-state index in [9.17, 15) is 44.3 Å². The van der Waals surface area contributed by atoms with Crippen LogP contribution >= 0.6 is 0 Å². The fraction of sp³-hybridized carbons (Fsp3) is 0.300. The number of aliphatic carboxylic acids is 1. The standard InChI is InChI=1S/C18H21F3N6O6S.C2HF3O2/c1-9-7-8-11(16(29)27(9)14(15(22)28)10(2)33-25-17(23)24)26-34(30,31)13-6-4-3-5-12(13)32-18(19,20)21;3-2(4,5)1(6)7/h3-8,10,14,26H,1-2H3,(H2,22,28)(H4,23,24,25);(H,6,7). The summed E-state index contributed by atoms with van der Waals surface area (Å²) in [6.07, 6.45) is -11.4. The fourth-order valence-corrected chi connectivity index (χ4v) is 4.11. The highest BCUT2D eigenvalue weighted by Crippen LogP contribution is 2.30. The Morgan fingerprint density at radius 3 is 2.05 bits per heavy atom. The quantitative estimate of drug-likeness (QED) is 0.116. The van der Waals surface area contributed by atoms with E-state index in [4.69, 9.17) is 31.9 Å². The number of primary amides is 1. The first-order valence-corrected chi connectivity index (χ1v) is 12.0. The van der Waals surface area contributed by atoms with Crippen molar-refractivity contribution in [1.29, 1.82) is 0 Å². The number of hydrogen-bond acceptors (Lipinski definition) is 8. The summed E-state index contributed by atoms with van der Waals surface area (Å²) in [5, 5.41) is 10.4. The number of anilines is 1. The largest absolute Gasteiger partial charge is 0.573 e. The number of pyridine rings is 1. The molecule has 0 fully saturated rings. The van der Waals surface area contributed by atoms with Gasteiger partial charge in [0.05, 0.1) is 0 Å². The van der Waals surface area contributed by atoms with E-state index in [-0.39, 0.29) is 5.69 Å². The van der Waals surface area contributed by atoms with E-state index >= 15 is 0 Å². The molecule has 1 heterocycles. The Balaban J connectivity index is 0.00000106. The summed E-state index contributed by atoms with van der Waals surface area (Å²) < 4.78 is 102. The van der Waals surface area contributed by atoms with Crippen LogP contribution in [0, 0.1) is 6.92 Å². The molecule has 2 rings (SSSR count). The molecule has 0 aliphatic carbocycles. The number of halogens is 6. The van der Waals surface area contributed by atoms with Crippen molar-refractivity contribution in [3.63, 3.8) is 0 Å². The molecule has 0 aliphatic heterocycles. The van der Waals surface area contributed by atoms with Gasteiger partial charge in [0, 0.05) is 5.69 Å². The number of para-hydroxylation sites is 1. The zero-order valence-electron chi connectivity index (χ0n) is 20.7. The predicted octanol–water partition coefficient (Wildman–Crippen LogP) is 1.11. The number of aryl methyl sites for hydroxylation is 1. The fourth-order valence-electron chi connectivity index (χ4n) is 2.92. The average molecular weight is 620 g/mol. The molecule has 1 amide bonds. The zero-order chi connectivity index (χ0) is 31.9. The first-order valence-electron chi connectivity index (χ1n) is 10.5. The normalized spacial score (nSPS) is 13.1. The van der Waals surface area contributed by atoms with Crippen LogP contribution in [0.25, 0.3) is 0 Å². The van der Waals surface area contributed by atoms with Gasteiger partial charge in [-0.3, -0.25) is 18.9 Å². The van der Waals surface area contributed by atoms with Crippen LogP contribution in [0.15, 0.2) is 51.2 Å². The lowest BCUT2D eigenvalue weighted by Crippen LogP contribution is -2.42. The van der Waals surface area contributed by atoms with E-state index < -0.39 is 74.4 Å². The number of rotatable bonds is 9. The molecule has 14 nitrogen and oxygen atoms in total. The number of nitrogens with zero attached hydrogens (tertiary/aromatic N) is 2. The molecule has 2 aromatic rings. The van der Waals surface area contributed by atoms with E-state index in [0.29, 0.717) is 0 Å². The lowest BCUT2D eigenvalue weighted by molar-refractivity contribution is -0.275. The van der Waals surface area contributed by atoms with Crippen molar-refractivity contribution < 1.29 is 59.0 Å². The number of guanidine groups is 1. The third-order valence-corrected chi connectivity index (χ3v) is 5.92. The molecular formula is C20H22F6N6O8S. The Morgan fingerprint density at radius 2 is 1.59 bits per heavy atom. The topological polar surface area (TPSA) is 231 Å². The first-order chi connectivity index (χ1) is 18.6. The molecule has 0 radical (unpaired) electrons. The van der Waals surface area contributed by atoms with Gasteiger partial charge in [0.1, 0.15) is 16.3 Å². The van der Waals surface area contributed by atoms with Gasteiger partial charge in [-0.05, 0) is 43.3 Å². The van der Waals surface area contributed by atoms with E-state index in [2.05, 4.69) is 9.89 Å². The number of aromatic nitrogens is 1. The second kappa shape index (κ2) is 13.1. The van der Waals surface area contributed by atoms with Crippen LogP contribution in [-0.2, 0) is 24.4 Å². The number of oxime groups is 1. The van der Waals surface area contributed by atoms with Crippen LogP contribution < -0.4 is 32.2 Å². The maximum Gasteiger partial charge on any atom is 0.573 e. The first kappa shape index (κ1) is 34.3. The van der Waals surface area contributed by atoms with Crippen molar-refractivity contribution >= 4 is 33.5 Å². The summed E-state index contributed by atoms with van der Waals surface area (Å²) in [6, 6.07) is 4.81. The minimum atomic E-state index is -5.16. The van der Waals surface area contributed by atoms with Crippen molar-refractivity contribution in [1.82, 2.24) is 4.57 Å². The number of ether oxygens (including phenoxy) is 1. The van der Waals surface area contributed by atoms with E-state index in [1.807, 2.05) is 4.72 Å². The molecule has 2 atom stereocenters. The highest BCUT2D eigenvalue weighted by atomic mass is 32.2. The van der Waals surface area contributed by atoms with Crippen LogP contribution in [-0.4, -0.2) is 54.6 Å². The van der Waals surface area contributed by atoms with Crippen molar-refractivity contribution in [2.45, 2.75) is 43.4 Å². The second-order valence-corrected chi connectivity index (χ2v) is 9.29. The summed E-state index contributed by atoms with van der Waals surface area (Å²) >= 11 is 0. The van der Waals surface area contributed by atoms with Crippen LogP contribution in [0.5, 0.6) is 5.75 Å². The van der Waals surface area contributed by atoms with Crippen molar-refractivity contribution in [2.75, 3.05) is 4.72 Å². The maximum atomic E-state index is 13.1. The number of amides is 1. The Labute approximate surface area is 226 Å². The molecule has 2 unspecified atom stereocenters. The number of alkyl halides is 6. The van der Waals surface area contributed by atoms with Gasteiger partial charge < -0.3 is 31.9 Å². The maximum absolute atomic E-state index is 13.1. The van der Waals surface area contributed by atoms with Crippen molar-refractivity contribution in [3.8, 4) is 5.75 Å². The summed E-state index contributed by atoms with van der Waals surface area (Å²) in [4.78, 5) is 38.2. The van der Waals surface area contributed by atoms with Gasteiger partial charge in [-0.15, -0.1) is 13.2 Å². The molecule has 1 aromatic carbocycles. The van der Waals surface area contributed by atoms with E-state index in [1.165, 1.54) is 19.9 Å². The highest BCUT2D eigenvalue weighted by molar-refractivity contribution is 7.92. The second-order valence-electron chi connectivity index (χ2n) is 7.64. The molecular weight excluding hydrogens is 598 g/mol. The number of carboxylic acids is 1. The number of carbonyl (C=O) groups excluding carboxylic acids is 1. The van der Waals surface area contributed by atoms with Crippen LogP contribution in [0.1, 0.15) is 18.7 Å². The molecule has 228 valence electrons.